The van der Waals surface area contributed by atoms with E-state index in [1.54, 1.807) is 12.1 Å². The molecule has 20 heavy (non-hydrogen) atoms. The van der Waals surface area contributed by atoms with Crippen LogP contribution in [0.2, 0.25) is 0 Å². The number of nitrogens with zero attached hydrogens (tertiary/aromatic N) is 1. The Morgan fingerprint density at radius 2 is 2.00 bits per heavy atom. The molecule has 3 rings (SSSR count). The van der Waals surface area contributed by atoms with Crippen molar-refractivity contribution in [1.29, 1.82) is 0 Å². The Kier molecular flexibility index (Phi) is 3.22. The lowest BCUT2D eigenvalue weighted by Crippen LogP contribution is -2.31. The van der Waals surface area contributed by atoms with Gasteiger partial charge in [0, 0.05) is 30.4 Å². The smallest absolute Gasteiger partial charge is 0.123 e. The summed E-state index contributed by atoms with van der Waals surface area (Å²) in [6, 6.07) is 12.4. The second kappa shape index (κ2) is 5.04. The predicted octanol–water partition coefficient (Wildman–Crippen LogP) is 2.85. The third-order valence-corrected chi connectivity index (χ3v) is 3.58. The highest BCUT2D eigenvalue weighted by atomic mass is 19.1. The fourth-order valence-corrected chi connectivity index (χ4v) is 2.53. The van der Waals surface area contributed by atoms with Crippen molar-refractivity contribution in [2.45, 2.75) is 12.5 Å². The summed E-state index contributed by atoms with van der Waals surface area (Å²) in [6.45, 7) is 0.750. The third-order valence-electron chi connectivity index (χ3n) is 3.58. The van der Waals surface area contributed by atoms with E-state index < -0.39 is 0 Å². The summed E-state index contributed by atoms with van der Waals surface area (Å²) in [4.78, 5) is 2.12. The zero-order valence-electron chi connectivity index (χ0n) is 11.3. The quantitative estimate of drug-likeness (QED) is 0.873. The number of fused-ring (bicyclic) bond motifs is 1. The fraction of sp³-hybridized carbons (Fsp3) is 0.250. The molecule has 3 nitrogen and oxygen atoms in total. The average molecular weight is 272 g/mol. The maximum atomic E-state index is 13.2. The molecule has 1 unspecified atom stereocenters. The highest BCUT2D eigenvalue weighted by Gasteiger charge is 2.24. The van der Waals surface area contributed by atoms with Crippen LogP contribution in [-0.4, -0.2) is 19.7 Å². The molecule has 0 aliphatic carbocycles. The van der Waals surface area contributed by atoms with Crippen LogP contribution in [0.5, 0.6) is 5.75 Å². The summed E-state index contributed by atoms with van der Waals surface area (Å²) in [6.07, 6.45) is 0.793. The van der Waals surface area contributed by atoms with Crippen molar-refractivity contribution in [3.63, 3.8) is 0 Å². The monoisotopic (exact) mass is 272 g/mol. The fourth-order valence-electron chi connectivity index (χ4n) is 2.53. The van der Waals surface area contributed by atoms with E-state index in [4.69, 9.17) is 10.5 Å². The number of nitrogens with two attached hydrogens (primary N) is 1. The zero-order valence-corrected chi connectivity index (χ0v) is 11.3. The van der Waals surface area contributed by atoms with Crippen LogP contribution in [0, 0.1) is 5.82 Å². The summed E-state index contributed by atoms with van der Waals surface area (Å²) >= 11 is 0. The molecule has 0 radical (unpaired) electrons. The average Bonchev–Trinajstić information content (AvgIpc) is 2.80. The minimum atomic E-state index is -0.208. The van der Waals surface area contributed by atoms with Gasteiger partial charge in [0.05, 0.1) is 6.54 Å². The van der Waals surface area contributed by atoms with Gasteiger partial charge in [0.15, 0.2) is 0 Å². The van der Waals surface area contributed by atoms with Crippen molar-refractivity contribution in [2.24, 2.45) is 0 Å². The van der Waals surface area contributed by atoms with Gasteiger partial charge in [-0.2, -0.15) is 0 Å². The number of likely N-dealkylation sites (N-methyl/N-ethyl adjacent to an activating group) is 1. The summed E-state index contributed by atoms with van der Waals surface area (Å²) in [5.41, 5.74) is 8.47. The SMILES string of the molecule is CN(CC1Cc2cc(F)ccc2O1)c1ccc(N)cc1. The second-order valence-corrected chi connectivity index (χ2v) is 5.17. The predicted molar refractivity (Wildman–Crippen MR) is 78.6 cm³/mol. The van der Waals surface area contributed by atoms with Crippen LogP contribution in [0.1, 0.15) is 5.56 Å². The molecule has 1 heterocycles. The summed E-state index contributed by atoms with van der Waals surface area (Å²) in [7, 11) is 2.01. The maximum absolute atomic E-state index is 13.2. The van der Waals surface area contributed by atoms with Gasteiger partial charge >= 0.3 is 0 Å². The van der Waals surface area contributed by atoms with E-state index in [1.807, 2.05) is 31.3 Å². The molecule has 1 aliphatic rings. The number of benzene rings is 2. The Bertz CT molecular complexity index is 612. The lowest BCUT2D eigenvalue weighted by molar-refractivity contribution is 0.239. The molecule has 0 saturated heterocycles. The number of ether oxygens (including phenoxy) is 1. The molecule has 0 bridgehead atoms. The molecular formula is C16H17FN2O. The van der Waals surface area contributed by atoms with Gasteiger partial charge in [-0.25, -0.2) is 4.39 Å². The van der Waals surface area contributed by atoms with Gasteiger partial charge in [-0.3, -0.25) is 0 Å². The van der Waals surface area contributed by atoms with Gasteiger partial charge in [-0.05, 0) is 42.5 Å². The first kappa shape index (κ1) is 12.8. The van der Waals surface area contributed by atoms with Crippen LogP contribution in [0.25, 0.3) is 0 Å². The van der Waals surface area contributed by atoms with Crippen LogP contribution in [-0.2, 0) is 6.42 Å². The Hall–Kier alpha value is -2.23. The first-order valence-electron chi connectivity index (χ1n) is 6.63. The van der Waals surface area contributed by atoms with Gasteiger partial charge in [-0.15, -0.1) is 0 Å². The number of anilines is 2. The Labute approximate surface area is 117 Å². The normalized spacial score (nSPS) is 16.6. The standard InChI is InChI=1S/C16H17FN2O/c1-19(14-5-3-13(18)4-6-14)10-15-9-11-8-12(17)2-7-16(11)20-15/h2-8,15H,9-10,18H2,1H3. The molecule has 1 aliphatic heterocycles. The van der Waals surface area contributed by atoms with Crippen molar-refractivity contribution < 1.29 is 9.13 Å². The number of rotatable bonds is 3. The molecular weight excluding hydrogens is 255 g/mol. The van der Waals surface area contributed by atoms with E-state index in [0.717, 1.165) is 35.7 Å². The first-order valence-corrected chi connectivity index (χ1v) is 6.63. The molecule has 0 fully saturated rings. The van der Waals surface area contributed by atoms with Gasteiger partial charge < -0.3 is 15.4 Å². The largest absolute Gasteiger partial charge is 0.488 e. The summed E-state index contributed by atoms with van der Waals surface area (Å²) in [5, 5.41) is 0. The number of hydrogen-bond donors (Lipinski definition) is 1. The van der Waals surface area contributed by atoms with E-state index in [1.165, 1.54) is 6.07 Å². The molecule has 1 atom stereocenters. The molecule has 104 valence electrons. The van der Waals surface area contributed by atoms with Gasteiger partial charge in [0.2, 0.25) is 0 Å². The van der Waals surface area contributed by atoms with E-state index in [-0.39, 0.29) is 11.9 Å². The van der Waals surface area contributed by atoms with E-state index in [2.05, 4.69) is 4.90 Å². The van der Waals surface area contributed by atoms with Crippen molar-refractivity contribution in [1.82, 2.24) is 0 Å². The Balaban J connectivity index is 1.67. The second-order valence-electron chi connectivity index (χ2n) is 5.17. The van der Waals surface area contributed by atoms with E-state index in [0.29, 0.717) is 0 Å². The minimum Gasteiger partial charge on any atom is -0.488 e. The Morgan fingerprint density at radius 3 is 2.75 bits per heavy atom. The molecule has 2 N–H and O–H groups in total. The van der Waals surface area contributed by atoms with Crippen molar-refractivity contribution in [3.8, 4) is 5.75 Å². The summed E-state index contributed by atoms with van der Waals surface area (Å²) in [5.74, 6) is 0.585. The molecule has 0 saturated carbocycles. The van der Waals surface area contributed by atoms with Crippen LogP contribution in [0.15, 0.2) is 42.5 Å². The van der Waals surface area contributed by atoms with Crippen molar-refractivity contribution in [2.75, 3.05) is 24.2 Å². The minimum absolute atomic E-state index is 0.0503. The van der Waals surface area contributed by atoms with Crippen molar-refractivity contribution >= 4 is 11.4 Å². The topological polar surface area (TPSA) is 38.5 Å². The van der Waals surface area contributed by atoms with Gasteiger partial charge in [-0.1, -0.05) is 0 Å². The molecule has 4 heteroatoms. The lowest BCUT2D eigenvalue weighted by atomic mass is 10.1. The number of hydrogen-bond acceptors (Lipinski definition) is 3. The molecule has 0 amide bonds. The lowest BCUT2D eigenvalue weighted by Gasteiger charge is -2.23. The number of halogens is 1. The van der Waals surface area contributed by atoms with Crippen LogP contribution < -0.4 is 15.4 Å². The molecule has 0 aromatic heterocycles. The maximum Gasteiger partial charge on any atom is 0.123 e. The third kappa shape index (κ3) is 2.54. The van der Waals surface area contributed by atoms with E-state index in [9.17, 15) is 4.39 Å². The van der Waals surface area contributed by atoms with Gasteiger partial charge in [0.1, 0.15) is 17.7 Å². The molecule has 2 aromatic carbocycles. The van der Waals surface area contributed by atoms with Crippen molar-refractivity contribution in [3.05, 3.63) is 53.8 Å². The molecule has 0 spiro atoms. The number of nitrogen functional groups attached to an aromatic ring is 1. The first-order chi connectivity index (χ1) is 9.61. The summed E-state index contributed by atoms with van der Waals surface area (Å²) < 4.78 is 19.0. The highest BCUT2D eigenvalue weighted by Crippen LogP contribution is 2.30. The van der Waals surface area contributed by atoms with Crippen LogP contribution >= 0.6 is 0 Å². The van der Waals surface area contributed by atoms with Crippen LogP contribution in [0.3, 0.4) is 0 Å². The highest BCUT2D eigenvalue weighted by molar-refractivity contribution is 5.53. The van der Waals surface area contributed by atoms with Gasteiger partial charge in [0.25, 0.3) is 0 Å². The Morgan fingerprint density at radius 1 is 1.25 bits per heavy atom. The van der Waals surface area contributed by atoms with Crippen LogP contribution in [0.4, 0.5) is 15.8 Å². The zero-order chi connectivity index (χ0) is 14.1. The van der Waals surface area contributed by atoms with E-state index >= 15 is 0 Å². The molecule has 2 aromatic rings.